The minimum absolute atomic E-state index is 0.239. The van der Waals surface area contributed by atoms with Gasteiger partial charge in [-0.05, 0) is 36.4 Å². The van der Waals surface area contributed by atoms with Gasteiger partial charge in [-0.3, -0.25) is 4.79 Å². The predicted molar refractivity (Wildman–Crippen MR) is 112 cm³/mol. The number of anilines is 1. The number of benzene rings is 3. The van der Waals surface area contributed by atoms with Gasteiger partial charge in [-0.15, -0.1) is 0 Å². The summed E-state index contributed by atoms with van der Waals surface area (Å²) in [5.41, 5.74) is 3.43. The average molecular weight is 393 g/mol. The lowest BCUT2D eigenvalue weighted by Crippen LogP contribution is -2.13. The van der Waals surface area contributed by atoms with Gasteiger partial charge in [-0.2, -0.15) is 0 Å². The van der Waals surface area contributed by atoms with E-state index >= 15 is 0 Å². The number of aromatic nitrogens is 1. The number of carbonyl (C=O) groups is 1. The van der Waals surface area contributed by atoms with E-state index < -0.39 is 0 Å². The smallest absolute Gasteiger partial charge is 0.256 e. The first kappa shape index (κ1) is 17.5. The van der Waals surface area contributed by atoms with Crippen molar-refractivity contribution in [3.05, 3.63) is 94.5 Å². The third kappa shape index (κ3) is 3.65. The number of nitrogens with zero attached hydrogens (tertiary/aromatic N) is 1. The monoisotopic (exact) mass is 392 g/mol. The number of fused-ring (bicyclic) bond motifs is 1. The molecule has 1 amide bonds. The van der Waals surface area contributed by atoms with Crippen LogP contribution in [-0.2, 0) is 0 Å². The van der Waals surface area contributed by atoms with Crippen LogP contribution < -0.4 is 5.32 Å². The molecule has 4 rings (SSSR count). The van der Waals surface area contributed by atoms with Crippen molar-refractivity contribution in [2.24, 2.45) is 0 Å². The molecule has 0 aliphatic rings. The maximum atomic E-state index is 13.0. The number of para-hydroxylation sites is 2. The first-order valence-corrected chi connectivity index (χ1v) is 9.09. The van der Waals surface area contributed by atoms with Gasteiger partial charge >= 0.3 is 0 Å². The van der Waals surface area contributed by atoms with Crippen molar-refractivity contribution < 1.29 is 4.79 Å². The zero-order valence-corrected chi connectivity index (χ0v) is 15.6. The van der Waals surface area contributed by atoms with Crippen molar-refractivity contribution in [3.63, 3.8) is 0 Å². The number of rotatable bonds is 3. The zero-order valence-electron chi connectivity index (χ0n) is 14.1. The number of amides is 1. The summed E-state index contributed by atoms with van der Waals surface area (Å²) >= 11 is 12.2. The van der Waals surface area contributed by atoms with Crippen LogP contribution in [0.1, 0.15) is 10.4 Å². The van der Waals surface area contributed by atoms with Gasteiger partial charge in [-0.25, -0.2) is 4.98 Å². The van der Waals surface area contributed by atoms with E-state index in [0.717, 1.165) is 16.5 Å². The number of hydrogen-bond donors (Lipinski definition) is 1. The molecular formula is C22H14Cl2N2O. The van der Waals surface area contributed by atoms with Gasteiger partial charge in [0.15, 0.2) is 0 Å². The quantitative estimate of drug-likeness (QED) is 0.434. The van der Waals surface area contributed by atoms with Gasteiger partial charge in [0, 0.05) is 16.0 Å². The Bertz CT molecular complexity index is 1140. The lowest BCUT2D eigenvalue weighted by Gasteiger charge is -2.11. The molecule has 0 atom stereocenters. The summed E-state index contributed by atoms with van der Waals surface area (Å²) in [4.78, 5) is 17.7. The summed E-state index contributed by atoms with van der Waals surface area (Å²) in [6, 6.07) is 23.9. The van der Waals surface area contributed by atoms with Gasteiger partial charge in [0.2, 0.25) is 0 Å². The van der Waals surface area contributed by atoms with Crippen LogP contribution in [0.25, 0.3) is 22.2 Å². The van der Waals surface area contributed by atoms with Crippen LogP contribution in [0.15, 0.2) is 78.9 Å². The molecule has 1 heterocycles. The molecule has 0 aliphatic carbocycles. The Balaban J connectivity index is 1.82. The second-order valence-corrected chi connectivity index (χ2v) is 6.86. The van der Waals surface area contributed by atoms with Crippen LogP contribution in [0.4, 0.5) is 5.69 Å². The van der Waals surface area contributed by atoms with Crippen LogP contribution in [0.3, 0.4) is 0 Å². The molecular weight excluding hydrogens is 379 g/mol. The fraction of sp³-hybridized carbons (Fsp3) is 0. The third-order valence-corrected chi connectivity index (χ3v) is 4.80. The highest BCUT2D eigenvalue weighted by molar-refractivity contribution is 6.34. The van der Waals surface area contributed by atoms with E-state index in [-0.39, 0.29) is 5.91 Å². The summed E-state index contributed by atoms with van der Waals surface area (Å²) in [7, 11) is 0. The molecule has 0 saturated heterocycles. The second kappa shape index (κ2) is 7.39. The SMILES string of the molecule is O=C(Nc1ccccc1Cl)c1cc(-c2ccc(Cl)cc2)nc2ccccc12. The number of pyridine rings is 1. The number of halogens is 2. The predicted octanol–water partition coefficient (Wildman–Crippen LogP) is 6.46. The van der Waals surface area contributed by atoms with E-state index in [1.54, 1.807) is 30.3 Å². The van der Waals surface area contributed by atoms with E-state index in [1.165, 1.54) is 0 Å². The summed E-state index contributed by atoms with van der Waals surface area (Å²) in [5.74, 6) is -0.239. The number of hydrogen-bond acceptors (Lipinski definition) is 2. The summed E-state index contributed by atoms with van der Waals surface area (Å²) in [6.07, 6.45) is 0. The van der Waals surface area contributed by atoms with Crippen LogP contribution in [0.5, 0.6) is 0 Å². The summed E-state index contributed by atoms with van der Waals surface area (Å²) < 4.78 is 0. The number of carbonyl (C=O) groups excluding carboxylic acids is 1. The van der Waals surface area contributed by atoms with Gasteiger partial charge in [0.1, 0.15) is 0 Å². The van der Waals surface area contributed by atoms with Crippen molar-refractivity contribution in [2.45, 2.75) is 0 Å². The zero-order chi connectivity index (χ0) is 18.8. The standard InChI is InChI=1S/C22H14Cl2N2O/c23-15-11-9-14(10-12-15)21-13-17(16-5-1-3-7-19(16)25-21)22(27)26-20-8-4-2-6-18(20)24/h1-13H,(H,26,27). The van der Waals surface area contributed by atoms with Crippen LogP contribution in [-0.4, -0.2) is 10.9 Å². The largest absolute Gasteiger partial charge is 0.321 e. The van der Waals surface area contributed by atoms with Gasteiger partial charge in [0.25, 0.3) is 5.91 Å². The minimum atomic E-state index is -0.239. The Kier molecular flexibility index (Phi) is 4.80. The van der Waals surface area contributed by atoms with Crippen LogP contribution >= 0.6 is 23.2 Å². The Morgan fingerprint density at radius 3 is 2.33 bits per heavy atom. The van der Waals surface area contributed by atoms with Crippen LogP contribution in [0.2, 0.25) is 10.0 Å². The van der Waals surface area contributed by atoms with Crippen molar-refractivity contribution in [1.29, 1.82) is 0 Å². The first-order chi connectivity index (χ1) is 13.1. The highest BCUT2D eigenvalue weighted by Crippen LogP contribution is 2.27. The summed E-state index contributed by atoms with van der Waals surface area (Å²) in [6.45, 7) is 0. The van der Waals surface area contributed by atoms with Crippen LogP contribution in [0, 0.1) is 0 Å². The lowest BCUT2D eigenvalue weighted by molar-refractivity contribution is 0.102. The molecule has 27 heavy (non-hydrogen) atoms. The van der Waals surface area contributed by atoms with Crippen molar-refractivity contribution in [2.75, 3.05) is 5.32 Å². The molecule has 1 aromatic heterocycles. The first-order valence-electron chi connectivity index (χ1n) is 8.33. The normalized spacial score (nSPS) is 10.7. The third-order valence-electron chi connectivity index (χ3n) is 4.22. The second-order valence-electron chi connectivity index (χ2n) is 6.01. The van der Waals surface area contributed by atoms with Crippen molar-refractivity contribution in [1.82, 2.24) is 4.98 Å². The molecule has 0 spiro atoms. The molecule has 1 N–H and O–H groups in total. The van der Waals surface area contributed by atoms with E-state index in [2.05, 4.69) is 5.32 Å². The molecule has 3 aromatic carbocycles. The van der Waals surface area contributed by atoms with E-state index in [1.807, 2.05) is 48.5 Å². The van der Waals surface area contributed by atoms with Crippen molar-refractivity contribution in [3.8, 4) is 11.3 Å². The Morgan fingerprint density at radius 2 is 1.56 bits per heavy atom. The Morgan fingerprint density at radius 1 is 0.852 bits per heavy atom. The minimum Gasteiger partial charge on any atom is -0.321 e. The molecule has 0 fully saturated rings. The van der Waals surface area contributed by atoms with E-state index in [9.17, 15) is 4.79 Å². The highest BCUT2D eigenvalue weighted by atomic mass is 35.5. The molecule has 4 aromatic rings. The summed E-state index contributed by atoms with van der Waals surface area (Å²) in [5, 5.41) is 4.80. The van der Waals surface area contributed by atoms with Gasteiger partial charge in [-0.1, -0.05) is 65.7 Å². The highest BCUT2D eigenvalue weighted by Gasteiger charge is 2.15. The fourth-order valence-corrected chi connectivity index (χ4v) is 3.19. The van der Waals surface area contributed by atoms with Gasteiger partial charge in [0.05, 0.1) is 27.5 Å². The maximum absolute atomic E-state index is 13.0. The topological polar surface area (TPSA) is 42.0 Å². The molecule has 0 bridgehead atoms. The van der Waals surface area contributed by atoms with E-state index in [4.69, 9.17) is 28.2 Å². The molecule has 132 valence electrons. The lowest BCUT2D eigenvalue weighted by atomic mass is 10.0. The molecule has 0 unspecified atom stereocenters. The Hall–Kier alpha value is -2.88. The van der Waals surface area contributed by atoms with Crippen molar-refractivity contribution >= 4 is 45.7 Å². The molecule has 0 radical (unpaired) electrons. The van der Waals surface area contributed by atoms with E-state index in [0.29, 0.717) is 27.0 Å². The Labute approximate surface area is 166 Å². The molecule has 0 aliphatic heterocycles. The molecule has 5 heteroatoms. The molecule has 0 saturated carbocycles. The van der Waals surface area contributed by atoms with Gasteiger partial charge < -0.3 is 5.32 Å². The number of nitrogens with one attached hydrogen (secondary N) is 1. The fourth-order valence-electron chi connectivity index (χ4n) is 2.88. The average Bonchev–Trinajstić information content (AvgIpc) is 2.69. The maximum Gasteiger partial charge on any atom is 0.256 e. The molecule has 3 nitrogen and oxygen atoms in total.